The summed E-state index contributed by atoms with van der Waals surface area (Å²) in [6, 6.07) is 7.44. The van der Waals surface area contributed by atoms with E-state index in [4.69, 9.17) is 4.74 Å². The zero-order valence-corrected chi connectivity index (χ0v) is 9.95. The Morgan fingerprint density at radius 3 is 2.60 bits per heavy atom. The Morgan fingerprint density at radius 1 is 1.40 bits per heavy atom. The van der Waals surface area contributed by atoms with Gasteiger partial charge in [0.15, 0.2) is 0 Å². The molecule has 0 fully saturated rings. The molecule has 0 aliphatic rings. The van der Waals surface area contributed by atoms with Gasteiger partial charge in [-0.3, -0.25) is 0 Å². The molecule has 0 saturated carbocycles. The maximum Gasteiger partial charge on any atom is 0.119 e. The molecule has 1 rings (SSSR count). The fourth-order valence-electron chi connectivity index (χ4n) is 1.16. The predicted octanol–water partition coefficient (Wildman–Crippen LogP) is 1.97. The van der Waals surface area contributed by atoms with Crippen molar-refractivity contribution < 1.29 is 9.84 Å². The molecule has 3 nitrogen and oxygen atoms in total. The molecule has 1 aromatic rings. The number of benzene rings is 1. The molecule has 0 radical (unpaired) electrons. The van der Waals surface area contributed by atoms with Gasteiger partial charge in [-0.25, -0.2) is 0 Å². The summed E-state index contributed by atoms with van der Waals surface area (Å²) in [7, 11) is 3.42. The van der Waals surface area contributed by atoms with Gasteiger partial charge in [0.05, 0.1) is 13.2 Å². The van der Waals surface area contributed by atoms with E-state index in [-0.39, 0.29) is 0 Å². The quantitative estimate of drug-likeness (QED) is 0.800. The molecule has 3 heteroatoms. The third-order valence-corrected chi connectivity index (χ3v) is 1.88. The van der Waals surface area contributed by atoms with E-state index in [1.807, 2.05) is 45.2 Å². The molecule has 86 valence electrons. The average Bonchev–Trinajstić information content (AvgIpc) is 2.32. The van der Waals surface area contributed by atoms with E-state index < -0.39 is 6.10 Å². The van der Waals surface area contributed by atoms with E-state index >= 15 is 0 Å². The fraction of sp³-hybridized carbons (Fsp3) is 0.500. The van der Waals surface area contributed by atoms with Crippen LogP contribution in [0, 0.1) is 0 Å². The van der Waals surface area contributed by atoms with Crippen LogP contribution in [-0.4, -0.2) is 25.8 Å². The van der Waals surface area contributed by atoms with Crippen LogP contribution in [0.25, 0.3) is 0 Å². The van der Waals surface area contributed by atoms with Crippen LogP contribution in [0.3, 0.4) is 0 Å². The number of likely N-dealkylation sites (N-methyl/N-ethyl adjacent to an activating group) is 1. The molecule has 1 atom stereocenters. The first-order chi connectivity index (χ1) is 7.27. The number of hydrogen-bond acceptors (Lipinski definition) is 3. The zero-order valence-electron chi connectivity index (χ0n) is 9.95. The molecule has 0 unspecified atom stereocenters. The molecule has 1 aromatic carbocycles. The molecular formula is C12H21NO2. The van der Waals surface area contributed by atoms with E-state index in [0.717, 1.165) is 11.3 Å². The lowest BCUT2D eigenvalue weighted by molar-refractivity contribution is 0.177. The fourth-order valence-corrected chi connectivity index (χ4v) is 1.16. The van der Waals surface area contributed by atoms with Gasteiger partial charge >= 0.3 is 0 Å². The molecule has 15 heavy (non-hydrogen) atoms. The number of aliphatic hydroxyl groups is 1. The summed E-state index contributed by atoms with van der Waals surface area (Å²) in [5.41, 5.74) is 0.869. The van der Waals surface area contributed by atoms with Crippen molar-refractivity contribution in [2.75, 3.05) is 20.7 Å². The first-order valence-electron chi connectivity index (χ1n) is 5.24. The molecule has 0 bridgehead atoms. The summed E-state index contributed by atoms with van der Waals surface area (Å²) in [6.07, 6.45) is -0.472. The van der Waals surface area contributed by atoms with E-state index in [2.05, 4.69) is 5.32 Å². The van der Waals surface area contributed by atoms with Crippen LogP contribution in [0.1, 0.15) is 25.5 Å². The maximum absolute atomic E-state index is 9.62. The Kier molecular flexibility index (Phi) is 7.68. The smallest absolute Gasteiger partial charge is 0.119 e. The maximum atomic E-state index is 9.62. The molecule has 0 aliphatic carbocycles. The molecular weight excluding hydrogens is 190 g/mol. The van der Waals surface area contributed by atoms with Crippen molar-refractivity contribution in [2.45, 2.75) is 20.0 Å². The number of rotatable bonds is 4. The highest BCUT2D eigenvalue weighted by Crippen LogP contribution is 2.18. The van der Waals surface area contributed by atoms with Crippen LogP contribution in [0.5, 0.6) is 5.75 Å². The summed E-state index contributed by atoms with van der Waals surface area (Å²) in [4.78, 5) is 0. The van der Waals surface area contributed by atoms with Gasteiger partial charge < -0.3 is 15.2 Å². The van der Waals surface area contributed by atoms with Crippen LogP contribution in [-0.2, 0) is 0 Å². The average molecular weight is 211 g/mol. The largest absolute Gasteiger partial charge is 0.497 e. The van der Waals surface area contributed by atoms with Gasteiger partial charge in [0.1, 0.15) is 5.75 Å². The standard InChI is InChI=1S/C10H15NO2.C2H6/c1-11-7-10(12)8-4-3-5-9(6-8)13-2;1-2/h3-6,10-12H,7H2,1-2H3;1-2H3/t10-;/m0./s1. The lowest BCUT2D eigenvalue weighted by Crippen LogP contribution is -2.16. The van der Waals surface area contributed by atoms with Gasteiger partial charge in [-0.05, 0) is 24.7 Å². The Morgan fingerprint density at radius 2 is 2.07 bits per heavy atom. The zero-order chi connectivity index (χ0) is 11.7. The molecule has 0 aromatic heterocycles. The second kappa shape index (κ2) is 8.26. The molecule has 0 amide bonds. The summed E-state index contributed by atoms with van der Waals surface area (Å²) >= 11 is 0. The van der Waals surface area contributed by atoms with Crippen LogP contribution < -0.4 is 10.1 Å². The number of ether oxygens (including phenoxy) is 1. The SMILES string of the molecule is CC.CNC[C@H](O)c1cccc(OC)c1. The van der Waals surface area contributed by atoms with Crippen LogP contribution in [0.2, 0.25) is 0 Å². The minimum absolute atomic E-state index is 0.472. The normalized spacial score (nSPS) is 11.3. The van der Waals surface area contributed by atoms with Crippen molar-refractivity contribution in [3.05, 3.63) is 29.8 Å². The topological polar surface area (TPSA) is 41.5 Å². The number of aliphatic hydroxyl groups excluding tert-OH is 1. The lowest BCUT2D eigenvalue weighted by Gasteiger charge is -2.10. The van der Waals surface area contributed by atoms with E-state index in [1.54, 1.807) is 7.11 Å². The number of hydrogen-bond donors (Lipinski definition) is 2. The molecule has 0 spiro atoms. The molecule has 0 heterocycles. The summed E-state index contributed by atoms with van der Waals surface area (Å²) in [5.74, 6) is 0.771. The monoisotopic (exact) mass is 211 g/mol. The van der Waals surface area contributed by atoms with Gasteiger partial charge in [0.2, 0.25) is 0 Å². The van der Waals surface area contributed by atoms with Crippen molar-refractivity contribution in [2.24, 2.45) is 0 Å². The summed E-state index contributed by atoms with van der Waals surface area (Å²) in [5, 5.41) is 12.5. The van der Waals surface area contributed by atoms with E-state index in [9.17, 15) is 5.11 Å². The third kappa shape index (κ3) is 4.81. The Bertz CT molecular complexity index is 264. The Balaban J connectivity index is 0.000000921. The van der Waals surface area contributed by atoms with Crippen molar-refractivity contribution in [1.29, 1.82) is 0 Å². The Labute approximate surface area is 92.1 Å². The van der Waals surface area contributed by atoms with E-state index in [1.165, 1.54) is 0 Å². The summed E-state index contributed by atoms with van der Waals surface area (Å²) < 4.78 is 5.05. The van der Waals surface area contributed by atoms with Gasteiger partial charge in [-0.15, -0.1) is 0 Å². The number of nitrogens with one attached hydrogen (secondary N) is 1. The van der Waals surface area contributed by atoms with Crippen molar-refractivity contribution in [3.8, 4) is 5.75 Å². The van der Waals surface area contributed by atoms with Crippen LogP contribution in [0.4, 0.5) is 0 Å². The second-order valence-corrected chi connectivity index (χ2v) is 2.85. The first kappa shape index (κ1) is 13.9. The van der Waals surface area contributed by atoms with Crippen molar-refractivity contribution in [3.63, 3.8) is 0 Å². The lowest BCUT2D eigenvalue weighted by atomic mass is 10.1. The van der Waals surface area contributed by atoms with Gasteiger partial charge in [-0.1, -0.05) is 26.0 Å². The van der Waals surface area contributed by atoms with Crippen molar-refractivity contribution in [1.82, 2.24) is 5.32 Å². The first-order valence-corrected chi connectivity index (χ1v) is 5.24. The van der Waals surface area contributed by atoms with Gasteiger partial charge in [0, 0.05) is 6.54 Å². The summed E-state index contributed by atoms with van der Waals surface area (Å²) in [6.45, 7) is 4.55. The van der Waals surface area contributed by atoms with Crippen molar-refractivity contribution >= 4 is 0 Å². The highest BCUT2D eigenvalue weighted by Gasteiger charge is 2.06. The Hall–Kier alpha value is -1.06. The minimum Gasteiger partial charge on any atom is -0.497 e. The molecule has 0 aliphatic heterocycles. The third-order valence-electron chi connectivity index (χ3n) is 1.88. The highest BCUT2D eigenvalue weighted by atomic mass is 16.5. The second-order valence-electron chi connectivity index (χ2n) is 2.85. The van der Waals surface area contributed by atoms with Gasteiger partial charge in [0.25, 0.3) is 0 Å². The van der Waals surface area contributed by atoms with Gasteiger partial charge in [-0.2, -0.15) is 0 Å². The van der Waals surface area contributed by atoms with Crippen LogP contribution in [0.15, 0.2) is 24.3 Å². The van der Waals surface area contributed by atoms with Crippen LogP contribution >= 0.6 is 0 Å². The number of methoxy groups -OCH3 is 1. The highest BCUT2D eigenvalue weighted by molar-refractivity contribution is 5.29. The molecule has 0 saturated heterocycles. The van der Waals surface area contributed by atoms with E-state index in [0.29, 0.717) is 6.54 Å². The predicted molar refractivity (Wildman–Crippen MR) is 63.2 cm³/mol. The molecule has 2 N–H and O–H groups in total. The minimum atomic E-state index is -0.472.